The van der Waals surface area contributed by atoms with E-state index in [0.29, 0.717) is 12.4 Å². The summed E-state index contributed by atoms with van der Waals surface area (Å²) in [6.45, 7) is 4.61. The third kappa shape index (κ3) is 5.18. The van der Waals surface area contributed by atoms with Gasteiger partial charge in [-0.1, -0.05) is 13.3 Å². The number of aliphatic hydroxyl groups excluding tert-OH is 1. The Hall–Kier alpha value is -1.11. The maximum Gasteiger partial charge on any atom is 0.349 e. The van der Waals surface area contributed by atoms with Crippen molar-refractivity contribution in [3.05, 3.63) is 15.8 Å². The highest BCUT2D eigenvalue weighted by atomic mass is 32.1. The number of carboxylic acid groups (broad SMARTS) is 1. The smallest absolute Gasteiger partial charge is 0.349 e. The first-order valence-corrected chi connectivity index (χ1v) is 7.14. The molecule has 1 aromatic heterocycles. The Morgan fingerprint density at radius 3 is 2.74 bits per heavy atom. The van der Waals surface area contributed by atoms with Crippen LogP contribution >= 0.6 is 11.3 Å². The van der Waals surface area contributed by atoms with E-state index in [9.17, 15) is 9.90 Å². The van der Waals surface area contributed by atoms with Crippen molar-refractivity contribution in [3.8, 4) is 5.75 Å². The molecule has 0 bridgehead atoms. The maximum atomic E-state index is 11.1. The third-order valence-electron chi connectivity index (χ3n) is 2.39. The van der Waals surface area contributed by atoms with Crippen LogP contribution in [0.4, 0.5) is 0 Å². The van der Waals surface area contributed by atoms with Gasteiger partial charge in [-0.2, -0.15) is 0 Å². The fourth-order valence-electron chi connectivity index (χ4n) is 1.54. The van der Waals surface area contributed by atoms with E-state index in [1.54, 1.807) is 6.07 Å². The SMILES string of the molecule is CCCc1cc(OCC(O)COCC)c(C(=O)O)s1. The molecular weight excluding hydrogens is 268 g/mol. The number of thiophene rings is 1. The molecule has 0 saturated carbocycles. The number of hydrogen-bond acceptors (Lipinski definition) is 5. The third-order valence-corrected chi connectivity index (χ3v) is 3.55. The summed E-state index contributed by atoms with van der Waals surface area (Å²) >= 11 is 1.22. The summed E-state index contributed by atoms with van der Waals surface area (Å²) in [5, 5.41) is 18.7. The Morgan fingerprint density at radius 2 is 2.16 bits per heavy atom. The Labute approximate surface area is 116 Å². The lowest BCUT2D eigenvalue weighted by molar-refractivity contribution is 0.0162. The van der Waals surface area contributed by atoms with E-state index in [4.69, 9.17) is 14.6 Å². The van der Waals surface area contributed by atoms with Crippen molar-refractivity contribution in [2.24, 2.45) is 0 Å². The Balaban J connectivity index is 2.62. The van der Waals surface area contributed by atoms with Crippen molar-refractivity contribution < 1.29 is 24.5 Å². The largest absolute Gasteiger partial charge is 0.489 e. The summed E-state index contributed by atoms with van der Waals surface area (Å²) in [4.78, 5) is 12.3. The number of carboxylic acids is 1. The van der Waals surface area contributed by atoms with Crippen molar-refractivity contribution >= 4 is 17.3 Å². The standard InChI is InChI=1S/C13H20O5S/c1-3-5-10-6-11(12(19-10)13(15)16)18-8-9(14)7-17-4-2/h6,9,14H,3-5,7-8H2,1-2H3,(H,15,16). The Bertz CT molecular complexity index is 402. The van der Waals surface area contributed by atoms with Gasteiger partial charge in [-0.05, 0) is 19.4 Å². The van der Waals surface area contributed by atoms with Crippen LogP contribution in [0.5, 0.6) is 5.75 Å². The molecular formula is C13H20O5S. The van der Waals surface area contributed by atoms with E-state index in [0.717, 1.165) is 17.7 Å². The van der Waals surface area contributed by atoms with Crippen LogP contribution in [0.25, 0.3) is 0 Å². The first-order chi connectivity index (χ1) is 9.08. The van der Waals surface area contributed by atoms with Gasteiger partial charge in [0.1, 0.15) is 18.5 Å². The van der Waals surface area contributed by atoms with Crippen molar-refractivity contribution in [1.29, 1.82) is 0 Å². The molecule has 0 fully saturated rings. The van der Waals surface area contributed by atoms with Crippen LogP contribution in [0.3, 0.4) is 0 Å². The number of hydrogen-bond donors (Lipinski definition) is 2. The van der Waals surface area contributed by atoms with Gasteiger partial charge in [0.25, 0.3) is 0 Å². The number of carbonyl (C=O) groups is 1. The average molecular weight is 288 g/mol. The van der Waals surface area contributed by atoms with Gasteiger partial charge in [-0.15, -0.1) is 11.3 Å². The molecule has 2 N–H and O–H groups in total. The zero-order valence-corrected chi connectivity index (χ0v) is 12.0. The molecule has 1 aromatic rings. The number of aromatic carboxylic acids is 1. The van der Waals surface area contributed by atoms with Gasteiger partial charge in [0.2, 0.25) is 0 Å². The quantitative estimate of drug-likeness (QED) is 0.728. The van der Waals surface area contributed by atoms with Crippen molar-refractivity contribution in [1.82, 2.24) is 0 Å². The molecule has 0 amide bonds. The van der Waals surface area contributed by atoms with Crippen LogP contribution in [-0.2, 0) is 11.2 Å². The van der Waals surface area contributed by atoms with Gasteiger partial charge in [0.15, 0.2) is 4.88 Å². The van der Waals surface area contributed by atoms with E-state index in [2.05, 4.69) is 0 Å². The Morgan fingerprint density at radius 1 is 1.42 bits per heavy atom. The fraction of sp³-hybridized carbons (Fsp3) is 0.615. The zero-order valence-electron chi connectivity index (χ0n) is 11.2. The second-order valence-electron chi connectivity index (χ2n) is 4.09. The minimum atomic E-state index is -0.998. The van der Waals surface area contributed by atoms with Crippen molar-refractivity contribution in [2.75, 3.05) is 19.8 Å². The average Bonchev–Trinajstić information content (AvgIpc) is 2.77. The number of rotatable bonds is 9. The molecule has 0 saturated heterocycles. The lowest BCUT2D eigenvalue weighted by Gasteiger charge is -2.11. The highest BCUT2D eigenvalue weighted by Crippen LogP contribution is 2.30. The summed E-state index contributed by atoms with van der Waals surface area (Å²) < 4.78 is 10.4. The van der Waals surface area contributed by atoms with E-state index in [1.165, 1.54) is 11.3 Å². The summed E-state index contributed by atoms with van der Waals surface area (Å²) in [5.41, 5.74) is 0. The van der Waals surface area contributed by atoms with Crippen molar-refractivity contribution in [2.45, 2.75) is 32.8 Å². The zero-order chi connectivity index (χ0) is 14.3. The summed E-state index contributed by atoms with van der Waals surface area (Å²) in [6.07, 6.45) is 1.03. The minimum Gasteiger partial charge on any atom is -0.489 e. The van der Waals surface area contributed by atoms with Crippen LogP contribution in [0.1, 0.15) is 34.8 Å². The predicted octanol–water partition coefficient (Wildman–Crippen LogP) is 2.17. The van der Waals surface area contributed by atoms with Crippen LogP contribution in [0.2, 0.25) is 0 Å². The summed E-state index contributed by atoms with van der Waals surface area (Å²) in [5.74, 6) is -0.668. The number of aliphatic hydroxyl groups is 1. The van der Waals surface area contributed by atoms with E-state index in [1.807, 2.05) is 13.8 Å². The molecule has 0 aliphatic heterocycles. The Kier molecular flexibility index (Phi) is 6.83. The van der Waals surface area contributed by atoms with E-state index < -0.39 is 12.1 Å². The molecule has 5 nitrogen and oxygen atoms in total. The van der Waals surface area contributed by atoms with Crippen LogP contribution < -0.4 is 4.74 Å². The van der Waals surface area contributed by atoms with Crippen molar-refractivity contribution in [3.63, 3.8) is 0 Å². The predicted molar refractivity (Wildman–Crippen MR) is 73.3 cm³/mol. The van der Waals surface area contributed by atoms with Gasteiger partial charge in [0.05, 0.1) is 6.61 Å². The molecule has 108 valence electrons. The topological polar surface area (TPSA) is 76.0 Å². The van der Waals surface area contributed by atoms with E-state index >= 15 is 0 Å². The lowest BCUT2D eigenvalue weighted by atomic mass is 10.3. The van der Waals surface area contributed by atoms with Gasteiger partial charge < -0.3 is 19.7 Å². The van der Waals surface area contributed by atoms with Gasteiger partial charge in [-0.3, -0.25) is 0 Å². The second kappa shape index (κ2) is 8.14. The first-order valence-electron chi connectivity index (χ1n) is 6.33. The molecule has 0 aliphatic rings. The van der Waals surface area contributed by atoms with Crippen LogP contribution in [0.15, 0.2) is 6.07 Å². The fourth-order valence-corrected chi connectivity index (χ4v) is 2.58. The summed E-state index contributed by atoms with van der Waals surface area (Å²) in [7, 11) is 0. The maximum absolute atomic E-state index is 11.1. The molecule has 0 aliphatic carbocycles. The van der Waals surface area contributed by atoms with Gasteiger partial charge in [0, 0.05) is 11.5 Å². The van der Waals surface area contributed by atoms with E-state index in [-0.39, 0.29) is 18.1 Å². The molecule has 0 aromatic carbocycles. The monoisotopic (exact) mass is 288 g/mol. The number of aryl methyl sites for hydroxylation is 1. The highest BCUT2D eigenvalue weighted by molar-refractivity contribution is 7.14. The van der Waals surface area contributed by atoms with Gasteiger partial charge >= 0.3 is 5.97 Å². The minimum absolute atomic E-state index is 0.0303. The van der Waals surface area contributed by atoms with Crippen LogP contribution in [-0.4, -0.2) is 42.1 Å². The molecule has 0 spiro atoms. The van der Waals surface area contributed by atoms with Crippen LogP contribution in [0, 0.1) is 0 Å². The lowest BCUT2D eigenvalue weighted by Crippen LogP contribution is -2.23. The molecule has 1 heterocycles. The first kappa shape index (κ1) is 15.9. The molecule has 1 atom stereocenters. The molecule has 1 unspecified atom stereocenters. The molecule has 0 radical (unpaired) electrons. The molecule has 19 heavy (non-hydrogen) atoms. The number of ether oxygens (including phenoxy) is 2. The second-order valence-corrected chi connectivity index (χ2v) is 5.22. The molecule has 1 rings (SSSR count). The molecule has 6 heteroatoms. The highest BCUT2D eigenvalue weighted by Gasteiger charge is 2.17. The summed E-state index contributed by atoms with van der Waals surface area (Å²) in [6, 6.07) is 1.74. The van der Waals surface area contributed by atoms with Gasteiger partial charge in [-0.25, -0.2) is 4.79 Å². The normalized spacial score (nSPS) is 12.4.